The number of ketones is 1. The molecule has 28 heavy (non-hydrogen) atoms. The standard InChI is InChI=1S/C22H28N4OS/c1-3-4-5-6-14-28-22-24-21-23-17-8-7-9-18(27)19(17)20(26(21)25-22)16-12-10-15(2)11-13-16/h10-13,20H,3-9,14H2,1-2H3,(H,23,24,25)/t20-/m1/s1. The van der Waals surface area contributed by atoms with Crippen LogP contribution in [-0.4, -0.2) is 26.3 Å². The Balaban J connectivity index is 1.64. The zero-order chi connectivity index (χ0) is 19.5. The van der Waals surface area contributed by atoms with Crippen molar-refractivity contribution in [2.45, 2.75) is 70.0 Å². The van der Waals surface area contributed by atoms with E-state index in [1.807, 2.05) is 4.68 Å². The second-order valence-electron chi connectivity index (χ2n) is 7.68. The number of carbonyl (C=O) groups excluding carboxylic acids is 1. The molecule has 0 bridgehead atoms. The number of allylic oxidation sites excluding steroid dienone is 2. The number of unbranched alkanes of at least 4 members (excludes halogenated alkanes) is 3. The minimum absolute atomic E-state index is 0.179. The highest BCUT2D eigenvalue weighted by Gasteiger charge is 2.36. The second-order valence-corrected chi connectivity index (χ2v) is 8.74. The summed E-state index contributed by atoms with van der Waals surface area (Å²) in [5.74, 6) is 2.02. The maximum absolute atomic E-state index is 12.8. The Morgan fingerprint density at radius 3 is 2.79 bits per heavy atom. The van der Waals surface area contributed by atoms with Crippen molar-refractivity contribution in [3.05, 3.63) is 46.7 Å². The van der Waals surface area contributed by atoms with Gasteiger partial charge in [0.25, 0.3) is 0 Å². The molecule has 1 aliphatic carbocycles. The third kappa shape index (κ3) is 3.88. The number of rotatable bonds is 7. The molecule has 0 unspecified atom stereocenters. The molecule has 5 nitrogen and oxygen atoms in total. The number of nitrogens with zero attached hydrogens (tertiary/aromatic N) is 3. The van der Waals surface area contributed by atoms with E-state index in [1.165, 1.54) is 31.2 Å². The van der Waals surface area contributed by atoms with Gasteiger partial charge >= 0.3 is 0 Å². The van der Waals surface area contributed by atoms with Crippen LogP contribution in [0.25, 0.3) is 0 Å². The van der Waals surface area contributed by atoms with Gasteiger partial charge in [-0.3, -0.25) is 4.79 Å². The molecule has 1 atom stereocenters. The molecule has 6 heteroatoms. The predicted molar refractivity (Wildman–Crippen MR) is 114 cm³/mol. The lowest BCUT2D eigenvalue weighted by Crippen LogP contribution is -2.31. The minimum atomic E-state index is -0.179. The fraction of sp³-hybridized carbons (Fsp3) is 0.500. The van der Waals surface area contributed by atoms with E-state index in [1.54, 1.807) is 11.8 Å². The van der Waals surface area contributed by atoms with Crippen molar-refractivity contribution in [3.8, 4) is 0 Å². The van der Waals surface area contributed by atoms with Gasteiger partial charge in [-0.05, 0) is 31.7 Å². The smallest absolute Gasteiger partial charge is 0.227 e. The third-order valence-corrected chi connectivity index (χ3v) is 6.39. The molecule has 0 radical (unpaired) electrons. The highest BCUT2D eigenvalue weighted by molar-refractivity contribution is 7.99. The molecule has 1 aromatic carbocycles. The molecule has 148 valence electrons. The second kappa shape index (κ2) is 8.52. The van der Waals surface area contributed by atoms with Crippen LogP contribution in [-0.2, 0) is 4.79 Å². The van der Waals surface area contributed by atoms with Gasteiger partial charge in [0.1, 0.15) is 6.04 Å². The van der Waals surface area contributed by atoms with Crippen LogP contribution in [0.2, 0.25) is 0 Å². The fourth-order valence-electron chi connectivity index (χ4n) is 3.95. The number of hydrogen-bond acceptors (Lipinski definition) is 5. The summed E-state index contributed by atoms with van der Waals surface area (Å²) in [5, 5.41) is 9.00. The minimum Gasteiger partial charge on any atom is -0.328 e. The number of aromatic nitrogens is 3. The molecule has 4 rings (SSSR count). The van der Waals surface area contributed by atoms with E-state index in [-0.39, 0.29) is 11.8 Å². The van der Waals surface area contributed by atoms with Crippen LogP contribution in [0, 0.1) is 6.92 Å². The van der Waals surface area contributed by atoms with Crippen molar-refractivity contribution < 1.29 is 4.79 Å². The number of nitrogens with one attached hydrogen (secondary N) is 1. The Labute approximate surface area is 171 Å². The van der Waals surface area contributed by atoms with Gasteiger partial charge in [-0.2, -0.15) is 4.98 Å². The van der Waals surface area contributed by atoms with Crippen LogP contribution in [0.5, 0.6) is 0 Å². The van der Waals surface area contributed by atoms with E-state index in [2.05, 4.69) is 43.4 Å². The molecule has 1 N–H and O–H groups in total. The molecule has 0 saturated heterocycles. The van der Waals surface area contributed by atoms with Gasteiger partial charge in [0.15, 0.2) is 5.78 Å². The zero-order valence-electron chi connectivity index (χ0n) is 16.7. The summed E-state index contributed by atoms with van der Waals surface area (Å²) in [5.41, 5.74) is 4.21. The third-order valence-electron chi connectivity index (χ3n) is 5.47. The van der Waals surface area contributed by atoms with E-state index < -0.39 is 0 Å². The molecule has 1 aliphatic heterocycles. The molecule has 0 fully saturated rings. The van der Waals surface area contributed by atoms with Gasteiger partial charge in [0.2, 0.25) is 11.1 Å². The largest absolute Gasteiger partial charge is 0.328 e. The zero-order valence-corrected chi connectivity index (χ0v) is 17.5. The van der Waals surface area contributed by atoms with Crippen molar-refractivity contribution >= 4 is 23.5 Å². The molecule has 0 spiro atoms. The highest BCUT2D eigenvalue weighted by atomic mass is 32.2. The average molecular weight is 397 g/mol. The number of fused-ring (bicyclic) bond motifs is 1. The molecule has 2 aliphatic rings. The van der Waals surface area contributed by atoms with Gasteiger partial charge in [0.05, 0.1) is 0 Å². The highest BCUT2D eigenvalue weighted by Crippen LogP contribution is 2.40. The molecule has 1 aromatic heterocycles. The van der Waals surface area contributed by atoms with E-state index in [4.69, 9.17) is 10.1 Å². The van der Waals surface area contributed by atoms with Gasteiger partial charge < -0.3 is 5.32 Å². The predicted octanol–water partition coefficient (Wildman–Crippen LogP) is 5.28. The first-order valence-electron chi connectivity index (χ1n) is 10.4. The van der Waals surface area contributed by atoms with E-state index in [0.29, 0.717) is 6.42 Å². The summed E-state index contributed by atoms with van der Waals surface area (Å²) < 4.78 is 1.92. The Morgan fingerprint density at radius 2 is 2.00 bits per heavy atom. The molecule has 2 aromatic rings. The number of Topliss-reactive ketones (excluding diaryl/α,β-unsaturated/α-hetero) is 1. The lowest BCUT2D eigenvalue weighted by molar-refractivity contribution is -0.116. The number of thioether (sulfide) groups is 1. The van der Waals surface area contributed by atoms with Crippen molar-refractivity contribution in [1.82, 2.24) is 14.8 Å². The first-order chi connectivity index (χ1) is 13.7. The quantitative estimate of drug-likeness (QED) is 0.509. The Hall–Kier alpha value is -2.08. The van der Waals surface area contributed by atoms with E-state index in [0.717, 1.165) is 46.5 Å². The van der Waals surface area contributed by atoms with Crippen LogP contribution < -0.4 is 5.32 Å². The van der Waals surface area contributed by atoms with Crippen molar-refractivity contribution in [1.29, 1.82) is 0 Å². The van der Waals surface area contributed by atoms with Gasteiger partial charge in [-0.15, -0.1) is 5.10 Å². The van der Waals surface area contributed by atoms with Crippen LogP contribution in [0.4, 0.5) is 5.95 Å². The summed E-state index contributed by atoms with van der Waals surface area (Å²) in [6.45, 7) is 4.31. The summed E-state index contributed by atoms with van der Waals surface area (Å²) in [6.07, 6.45) is 7.38. The van der Waals surface area contributed by atoms with E-state index >= 15 is 0 Å². The maximum Gasteiger partial charge on any atom is 0.227 e. The normalized spacial score (nSPS) is 18.6. The number of carbonyl (C=O) groups is 1. The Kier molecular flexibility index (Phi) is 5.85. The van der Waals surface area contributed by atoms with Crippen LogP contribution in [0.1, 0.15) is 69.0 Å². The van der Waals surface area contributed by atoms with Gasteiger partial charge in [0, 0.05) is 23.4 Å². The SMILES string of the molecule is CCCCCCSc1nc2n(n1)[C@H](c1ccc(C)cc1)C1=C(CCCC1=O)N2. The molecule has 0 saturated carbocycles. The number of benzene rings is 1. The number of hydrogen-bond donors (Lipinski definition) is 1. The van der Waals surface area contributed by atoms with Crippen molar-refractivity contribution in [2.75, 3.05) is 11.1 Å². The Morgan fingerprint density at radius 1 is 1.18 bits per heavy atom. The number of anilines is 1. The summed E-state index contributed by atoms with van der Waals surface area (Å²) in [6, 6.07) is 8.25. The topological polar surface area (TPSA) is 59.8 Å². The molecular formula is C22H28N4OS. The van der Waals surface area contributed by atoms with Gasteiger partial charge in [-0.25, -0.2) is 4.68 Å². The van der Waals surface area contributed by atoms with Crippen LogP contribution in [0.3, 0.4) is 0 Å². The van der Waals surface area contributed by atoms with E-state index in [9.17, 15) is 4.79 Å². The summed E-state index contributed by atoms with van der Waals surface area (Å²) in [4.78, 5) is 17.5. The summed E-state index contributed by atoms with van der Waals surface area (Å²) in [7, 11) is 0. The Bertz CT molecular complexity index is 884. The van der Waals surface area contributed by atoms with Crippen LogP contribution >= 0.6 is 11.8 Å². The number of aryl methyl sites for hydroxylation is 1. The lowest BCUT2D eigenvalue weighted by atomic mass is 9.85. The molecule has 0 amide bonds. The summed E-state index contributed by atoms with van der Waals surface area (Å²) >= 11 is 1.71. The first-order valence-corrected chi connectivity index (χ1v) is 11.3. The van der Waals surface area contributed by atoms with Crippen molar-refractivity contribution in [2.24, 2.45) is 0 Å². The molecular weight excluding hydrogens is 368 g/mol. The van der Waals surface area contributed by atoms with Crippen molar-refractivity contribution in [3.63, 3.8) is 0 Å². The lowest BCUT2D eigenvalue weighted by Gasteiger charge is -2.32. The van der Waals surface area contributed by atoms with Crippen LogP contribution in [0.15, 0.2) is 40.7 Å². The van der Waals surface area contributed by atoms with Gasteiger partial charge in [-0.1, -0.05) is 67.8 Å². The average Bonchev–Trinajstić information content (AvgIpc) is 3.09. The monoisotopic (exact) mass is 396 g/mol. The fourth-order valence-corrected chi connectivity index (χ4v) is 4.77. The maximum atomic E-state index is 12.8. The first kappa shape index (κ1) is 19.2. The molecule has 2 heterocycles.